The van der Waals surface area contributed by atoms with E-state index in [0.717, 1.165) is 4.90 Å². The monoisotopic (exact) mass is 301 g/mol. The van der Waals surface area contributed by atoms with Crippen LogP contribution in [-0.2, 0) is 17.9 Å². The maximum absolute atomic E-state index is 12.5. The van der Waals surface area contributed by atoms with E-state index in [4.69, 9.17) is 4.42 Å². The van der Waals surface area contributed by atoms with Crippen LogP contribution < -0.4 is 5.56 Å². The molecule has 0 aromatic carbocycles. The van der Waals surface area contributed by atoms with Crippen molar-refractivity contribution < 1.29 is 14.0 Å². The number of urea groups is 1. The first kappa shape index (κ1) is 14.1. The van der Waals surface area contributed by atoms with Crippen LogP contribution in [0.4, 0.5) is 4.79 Å². The number of hydrogen-bond donors (Lipinski definition) is 1. The summed E-state index contributed by atoms with van der Waals surface area (Å²) in [5.74, 6) is 0.379. The van der Waals surface area contributed by atoms with Gasteiger partial charge in [0.25, 0.3) is 5.56 Å². The van der Waals surface area contributed by atoms with Crippen molar-refractivity contribution in [1.29, 1.82) is 0 Å². The number of imide groups is 1. The predicted octanol–water partition coefficient (Wildman–Crippen LogP) is 1.32. The van der Waals surface area contributed by atoms with E-state index in [2.05, 4.69) is 4.98 Å². The van der Waals surface area contributed by atoms with Gasteiger partial charge in [0.05, 0.1) is 19.4 Å². The van der Waals surface area contributed by atoms with Crippen molar-refractivity contribution in [2.75, 3.05) is 6.54 Å². The molecule has 3 rings (SSSR count). The molecular formula is C15H15N3O4. The molecule has 1 aliphatic rings. The number of aromatic amines is 1. The highest BCUT2D eigenvalue weighted by atomic mass is 16.3. The molecule has 3 amide bonds. The van der Waals surface area contributed by atoms with Crippen LogP contribution >= 0.6 is 0 Å². The van der Waals surface area contributed by atoms with E-state index in [-0.39, 0.29) is 24.4 Å². The second-order valence-corrected chi connectivity index (χ2v) is 5.04. The highest BCUT2D eigenvalue weighted by molar-refractivity contribution is 5.96. The Balaban J connectivity index is 1.77. The molecular weight excluding hydrogens is 286 g/mol. The Morgan fingerprint density at radius 3 is 2.73 bits per heavy atom. The van der Waals surface area contributed by atoms with Gasteiger partial charge in [-0.2, -0.15) is 0 Å². The van der Waals surface area contributed by atoms with Gasteiger partial charge >= 0.3 is 6.03 Å². The number of H-pyrrole nitrogens is 1. The number of rotatable bonds is 4. The molecule has 0 saturated carbocycles. The summed E-state index contributed by atoms with van der Waals surface area (Å²) < 4.78 is 5.23. The Kier molecular flexibility index (Phi) is 3.78. The average Bonchev–Trinajstić information content (AvgIpc) is 3.01. The predicted molar refractivity (Wildman–Crippen MR) is 76.7 cm³/mol. The number of pyridine rings is 1. The van der Waals surface area contributed by atoms with Gasteiger partial charge in [0.1, 0.15) is 5.76 Å². The molecule has 0 spiro atoms. The van der Waals surface area contributed by atoms with E-state index >= 15 is 0 Å². The van der Waals surface area contributed by atoms with Crippen LogP contribution in [0.2, 0.25) is 0 Å². The Hall–Kier alpha value is -2.83. The quantitative estimate of drug-likeness (QED) is 0.922. The highest BCUT2D eigenvalue weighted by Gasteiger charge is 2.32. The van der Waals surface area contributed by atoms with Gasteiger partial charge < -0.3 is 14.3 Å². The maximum Gasteiger partial charge on any atom is 0.327 e. The number of carbonyl (C=O) groups is 2. The van der Waals surface area contributed by atoms with E-state index in [0.29, 0.717) is 24.4 Å². The van der Waals surface area contributed by atoms with Gasteiger partial charge in [-0.3, -0.25) is 14.5 Å². The van der Waals surface area contributed by atoms with Crippen LogP contribution in [-0.4, -0.2) is 33.3 Å². The molecule has 0 aliphatic carbocycles. The molecule has 0 radical (unpaired) electrons. The van der Waals surface area contributed by atoms with E-state index in [1.165, 1.54) is 17.4 Å². The highest BCUT2D eigenvalue weighted by Crippen LogP contribution is 2.16. The first-order chi connectivity index (χ1) is 10.6. The Morgan fingerprint density at radius 1 is 1.14 bits per heavy atom. The summed E-state index contributed by atoms with van der Waals surface area (Å²) in [7, 11) is 0. The van der Waals surface area contributed by atoms with Gasteiger partial charge in [-0.1, -0.05) is 6.07 Å². The molecule has 0 bridgehead atoms. The lowest BCUT2D eigenvalue weighted by molar-refractivity contribution is -0.131. The number of nitrogens with zero attached hydrogens (tertiary/aromatic N) is 2. The molecule has 3 heterocycles. The summed E-state index contributed by atoms with van der Waals surface area (Å²) >= 11 is 0. The number of amides is 3. The van der Waals surface area contributed by atoms with Crippen LogP contribution in [0.5, 0.6) is 0 Å². The van der Waals surface area contributed by atoms with Crippen molar-refractivity contribution >= 4 is 11.9 Å². The Morgan fingerprint density at radius 2 is 2.00 bits per heavy atom. The fourth-order valence-electron chi connectivity index (χ4n) is 2.38. The molecule has 7 nitrogen and oxygen atoms in total. The zero-order valence-electron chi connectivity index (χ0n) is 11.8. The molecule has 1 saturated heterocycles. The third kappa shape index (κ3) is 2.78. The average molecular weight is 301 g/mol. The van der Waals surface area contributed by atoms with Crippen LogP contribution in [0.1, 0.15) is 17.7 Å². The largest absolute Gasteiger partial charge is 0.467 e. The Bertz CT molecular complexity index is 735. The fraction of sp³-hybridized carbons (Fsp3) is 0.267. The zero-order chi connectivity index (χ0) is 15.5. The number of nitrogens with one attached hydrogen (secondary N) is 1. The van der Waals surface area contributed by atoms with E-state index in [9.17, 15) is 14.4 Å². The molecule has 2 aromatic heterocycles. The van der Waals surface area contributed by atoms with Gasteiger partial charge in [-0.25, -0.2) is 4.79 Å². The van der Waals surface area contributed by atoms with E-state index in [1.54, 1.807) is 24.3 Å². The summed E-state index contributed by atoms with van der Waals surface area (Å²) in [6.07, 6.45) is 3.28. The first-order valence-electron chi connectivity index (χ1n) is 6.93. The molecule has 7 heteroatoms. The number of aromatic nitrogens is 1. The van der Waals surface area contributed by atoms with Crippen molar-refractivity contribution in [3.63, 3.8) is 0 Å². The summed E-state index contributed by atoms with van der Waals surface area (Å²) in [6, 6.07) is 6.38. The van der Waals surface area contributed by atoms with E-state index < -0.39 is 6.03 Å². The lowest BCUT2D eigenvalue weighted by Crippen LogP contribution is -2.51. The molecule has 0 unspecified atom stereocenters. The normalized spacial score (nSPS) is 15.5. The topological polar surface area (TPSA) is 86.6 Å². The van der Waals surface area contributed by atoms with Gasteiger partial charge in [0, 0.05) is 24.7 Å². The van der Waals surface area contributed by atoms with Crippen molar-refractivity contribution in [3.05, 3.63) is 58.4 Å². The lowest BCUT2D eigenvalue weighted by atomic mass is 10.2. The molecule has 1 N–H and O–H groups in total. The van der Waals surface area contributed by atoms with Gasteiger partial charge in [0.2, 0.25) is 5.91 Å². The summed E-state index contributed by atoms with van der Waals surface area (Å²) in [5.41, 5.74) is 0.0790. The standard InChI is InChI=1S/C15H15N3O4/c19-13-5-7-17(10-12-4-2-8-22-12)15(21)18(13)9-11-3-1-6-16-14(11)20/h1-4,6,8H,5,7,9-10H2,(H,16,20). The smallest absolute Gasteiger partial charge is 0.327 e. The number of hydrogen-bond acceptors (Lipinski definition) is 4. The van der Waals surface area contributed by atoms with Gasteiger partial charge in [-0.05, 0) is 18.2 Å². The minimum absolute atomic E-state index is 0.0253. The molecule has 114 valence electrons. The van der Waals surface area contributed by atoms with Crippen molar-refractivity contribution in [2.45, 2.75) is 19.5 Å². The van der Waals surface area contributed by atoms with Crippen LogP contribution in [0, 0.1) is 0 Å². The number of furan rings is 1. The third-order valence-electron chi connectivity index (χ3n) is 3.55. The molecule has 1 fully saturated rings. The van der Waals surface area contributed by atoms with Gasteiger partial charge in [0.15, 0.2) is 0 Å². The van der Waals surface area contributed by atoms with Crippen LogP contribution in [0.3, 0.4) is 0 Å². The zero-order valence-corrected chi connectivity index (χ0v) is 11.8. The minimum Gasteiger partial charge on any atom is -0.467 e. The second kappa shape index (κ2) is 5.88. The van der Waals surface area contributed by atoms with Crippen LogP contribution in [0.15, 0.2) is 45.9 Å². The summed E-state index contributed by atoms with van der Waals surface area (Å²) in [4.78, 5) is 41.4. The van der Waals surface area contributed by atoms with Crippen molar-refractivity contribution in [1.82, 2.24) is 14.8 Å². The van der Waals surface area contributed by atoms with Crippen molar-refractivity contribution in [2.24, 2.45) is 0 Å². The van der Waals surface area contributed by atoms with E-state index in [1.807, 2.05) is 0 Å². The second-order valence-electron chi connectivity index (χ2n) is 5.04. The molecule has 2 aromatic rings. The van der Waals surface area contributed by atoms with Gasteiger partial charge in [-0.15, -0.1) is 0 Å². The SMILES string of the molecule is O=C1CCN(Cc2ccco2)C(=O)N1Cc1ccc[nH]c1=O. The molecule has 0 atom stereocenters. The number of carbonyl (C=O) groups excluding carboxylic acids is 2. The fourth-order valence-corrected chi connectivity index (χ4v) is 2.38. The van der Waals surface area contributed by atoms with Crippen LogP contribution in [0.25, 0.3) is 0 Å². The first-order valence-corrected chi connectivity index (χ1v) is 6.93. The summed E-state index contributed by atoms with van der Waals surface area (Å²) in [6.45, 7) is 0.628. The lowest BCUT2D eigenvalue weighted by Gasteiger charge is -2.33. The minimum atomic E-state index is -0.407. The maximum atomic E-state index is 12.5. The molecule has 1 aliphatic heterocycles. The van der Waals surface area contributed by atoms with Crippen molar-refractivity contribution in [3.8, 4) is 0 Å². The Labute approximate surface area is 126 Å². The third-order valence-corrected chi connectivity index (χ3v) is 3.55. The molecule has 22 heavy (non-hydrogen) atoms. The summed E-state index contributed by atoms with van der Waals surface area (Å²) in [5, 5.41) is 0.